The van der Waals surface area contributed by atoms with Crippen molar-refractivity contribution in [3.05, 3.63) is 122 Å². The standard InChI is InChI=1S/C64H109NO3/c1-3-5-7-9-11-13-15-17-19-21-22-23-24-25-26-27-28-29-30-31-32-33-34-35-36-37-38-39-40-41-42-44-46-48-50-52-54-56-58-60-64(68)65-62(61-66)63(67)59-57-55-53-51-49-47-45-43-20-18-16-14-12-10-8-6-4-2/h5,7,11,13,17,19-20,22-23,25-26,28-29,31-32,43,49,51,57,59,62-63,66-67H,3-4,6,8-10,12,14-16,18,21,24,27,30,33-42,44-48,50,52-56,58,60-61H2,1-2H3,(H,65,68)/b7-5-,13-11-,19-17-,23-22-,26-25-,29-28-,32-31-,43-20+,51-49+,59-57+. The minimum Gasteiger partial charge on any atom is -0.394 e. The van der Waals surface area contributed by atoms with Gasteiger partial charge in [-0.2, -0.15) is 0 Å². The molecule has 0 aromatic heterocycles. The Kier molecular flexibility index (Phi) is 55.4. The summed E-state index contributed by atoms with van der Waals surface area (Å²) in [6.07, 6.45) is 89.3. The van der Waals surface area contributed by atoms with E-state index in [1.165, 1.54) is 154 Å². The van der Waals surface area contributed by atoms with Crippen LogP contribution >= 0.6 is 0 Å². The molecule has 0 radical (unpaired) electrons. The SMILES string of the molecule is CC/C=C\C/C=C\C/C=C\C/C=C\C/C=C\C/C=C\C/C=C\CCCCCCCCCCCCCCCCCCCC(=O)NC(CO)C(O)/C=C/CC/C=C/CC/C=C/CCCCCCCCC. The molecule has 0 saturated carbocycles. The Balaban J connectivity index is 3.55. The number of carbonyl (C=O) groups excluding carboxylic acids is 1. The van der Waals surface area contributed by atoms with Crippen molar-refractivity contribution in [2.24, 2.45) is 0 Å². The van der Waals surface area contributed by atoms with Crippen LogP contribution in [0.1, 0.15) is 258 Å². The lowest BCUT2D eigenvalue weighted by Gasteiger charge is -2.19. The predicted octanol–water partition coefficient (Wildman–Crippen LogP) is 19.2. The summed E-state index contributed by atoms with van der Waals surface area (Å²) in [6, 6.07) is -0.651. The molecule has 3 N–H and O–H groups in total. The van der Waals surface area contributed by atoms with E-state index in [4.69, 9.17) is 0 Å². The lowest BCUT2D eigenvalue weighted by molar-refractivity contribution is -0.123. The van der Waals surface area contributed by atoms with E-state index >= 15 is 0 Å². The lowest BCUT2D eigenvalue weighted by atomic mass is 10.0. The van der Waals surface area contributed by atoms with Crippen molar-refractivity contribution in [3.8, 4) is 0 Å². The first-order chi connectivity index (χ1) is 33.7. The summed E-state index contributed by atoms with van der Waals surface area (Å²) in [5.41, 5.74) is 0. The topological polar surface area (TPSA) is 69.6 Å². The second-order valence-electron chi connectivity index (χ2n) is 19.0. The molecule has 4 nitrogen and oxygen atoms in total. The Morgan fingerprint density at radius 1 is 0.368 bits per heavy atom. The molecule has 1 amide bonds. The molecule has 2 atom stereocenters. The molecule has 0 aliphatic rings. The van der Waals surface area contributed by atoms with Crippen LogP contribution in [0.5, 0.6) is 0 Å². The molecule has 68 heavy (non-hydrogen) atoms. The van der Waals surface area contributed by atoms with Gasteiger partial charge in [0.1, 0.15) is 0 Å². The van der Waals surface area contributed by atoms with Crippen molar-refractivity contribution in [2.75, 3.05) is 6.61 Å². The van der Waals surface area contributed by atoms with E-state index in [9.17, 15) is 15.0 Å². The number of amides is 1. The molecule has 0 heterocycles. The number of allylic oxidation sites excluding steroid dienone is 19. The van der Waals surface area contributed by atoms with Gasteiger partial charge in [-0.15, -0.1) is 0 Å². The maximum atomic E-state index is 12.5. The summed E-state index contributed by atoms with van der Waals surface area (Å²) in [5.74, 6) is -0.0803. The zero-order valence-electron chi connectivity index (χ0n) is 44.6. The third-order valence-corrected chi connectivity index (χ3v) is 12.4. The molecule has 0 rings (SSSR count). The fraction of sp³-hybridized carbons (Fsp3) is 0.672. The van der Waals surface area contributed by atoms with Crippen LogP contribution < -0.4 is 5.32 Å². The highest BCUT2D eigenvalue weighted by molar-refractivity contribution is 5.76. The van der Waals surface area contributed by atoms with Gasteiger partial charge in [-0.3, -0.25) is 4.79 Å². The van der Waals surface area contributed by atoms with E-state index in [0.717, 1.165) is 83.5 Å². The molecule has 0 fully saturated rings. The summed E-state index contributed by atoms with van der Waals surface area (Å²) in [6.45, 7) is 4.17. The second kappa shape index (κ2) is 58.1. The van der Waals surface area contributed by atoms with Crippen LogP contribution in [0.4, 0.5) is 0 Å². The molecule has 0 bridgehead atoms. The predicted molar refractivity (Wildman–Crippen MR) is 303 cm³/mol. The zero-order valence-corrected chi connectivity index (χ0v) is 44.6. The summed E-state index contributed by atoms with van der Waals surface area (Å²) in [7, 11) is 0. The quantitative estimate of drug-likeness (QED) is 0.0420. The monoisotopic (exact) mass is 940 g/mol. The van der Waals surface area contributed by atoms with Gasteiger partial charge in [-0.25, -0.2) is 0 Å². The number of unbranched alkanes of at least 4 members (excludes halogenated alkanes) is 26. The average molecular weight is 941 g/mol. The van der Waals surface area contributed by atoms with Gasteiger partial charge in [-0.05, 0) is 103 Å². The van der Waals surface area contributed by atoms with Crippen LogP contribution in [0.2, 0.25) is 0 Å². The molecule has 0 spiro atoms. The highest BCUT2D eigenvalue weighted by Crippen LogP contribution is 2.15. The van der Waals surface area contributed by atoms with E-state index < -0.39 is 12.1 Å². The van der Waals surface area contributed by atoms with Crippen LogP contribution in [0, 0.1) is 0 Å². The molecule has 0 aliphatic heterocycles. The molecule has 0 aromatic rings. The van der Waals surface area contributed by atoms with Crippen LogP contribution in [0.25, 0.3) is 0 Å². The van der Waals surface area contributed by atoms with Gasteiger partial charge in [0.15, 0.2) is 0 Å². The van der Waals surface area contributed by atoms with E-state index in [1.54, 1.807) is 6.08 Å². The maximum absolute atomic E-state index is 12.5. The van der Waals surface area contributed by atoms with E-state index in [2.05, 4.69) is 129 Å². The lowest BCUT2D eigenvalue weighted by Crippen LogP contribution is -2.45. The number of hydrogen-bond acceptors (Lipinski definition) is 3. The maximum Gasteiger partial charge on any atom is 0.220 e. The minimum atomic E-state index is -0.875. The van der Waals surface area contributed by atoms with Crippen molar-refractivity contribution in [1.82, 2.24) is 5.32 Å². The Morgan fingerprint density at radius 2 is 0.662 bits per heavy atom. The molecule has 388 valence electrons. The van der Waals surface area contributed by atoms with Crippen molar-refractivity contribution in [3.63, 3.8) is 0 Å². The van der Waals surface area contributed by atoms with E-state index in [0.29, 0.717) is 6.42 Å². The summed E-state index contributed by atoms with van der Waals surface area (Å²) in [5, 5.41) is 23.1. The number of aliphatic hydroxyl groups is 2. The summed E-state index contributed by atoms with van der Waals surface area (Å²) in [4.78, 5) is 12.5. The molecular weight excluding hydrogens is 831 g/mol. The summed E-state index contributed by atoms with van der Waals surface area (Å²) >= 11 is 0. The third-order valence-electron chi connectivity index (χ3n) is 12.4. The normalized spacial score (nSPS) is 13.8. The number of hydrogen-bond donors (Lipinski definition) is 3. The van der Waals surface area contributed by atoms with Crippen LogP contribution in [-0.2, 0) is 4.79 Å². The minimum absolute atomic E-state index is 0.0803. The smallest absolute Gasteiger partial charge is 0.220 e. The molecule has 0 saturated heterocycles. The van der Waals surface area contributed by atoms with E-state index in [-0.39, 0.29) is 12.5 Å². The van der Waals surface area contributed by atoms with Gasteiger partial charge < -0.3 is 15.5 Å². The molecule has 4 heteroatoms. The van der Waals surface area contributed by atoms with Gasteiger partial charge in [0.25, 0.3) is 0 Å². The molecule has 0 aliphatic carbocycles. The number of rotatable bonds is 51. The van der Waals surface area contributed by atoms with Crippen molar-refractivity contribution in [2.45, 2.75) is 270 Å². The molecule has 0 aromatic carbocycles. The second-order valence-corrected chi connectivity index (χ2v) is 19.0. The first kappa shape index (κ1) is 64.8. The first-order valence-corrected chi connectivity index (χ1v) is 28.7. The van der Waals surface area contributed by atoms with Crippen LogP contribution in [0.3, 0.4) is 0 Å². The average Bonchev–Trinajstić information content (AvgIpc) is 3.34. The fourth-order valence-electron chi connectivity index (χ4n) is 8.07. The molecular formula is C64H109NO3. The highest BCUT2D eigenvalue weighted by atomic mass is 16.3. The number of aliphatic hydroxyl groups excluding tert-OH is 2. The summed E-state index contributed by atoms with van der Waals surface area (Å²) < 4.78 is 0. The van der Waals surface area contributed by atoms with Crippen molar-refractivity contribution >= 4 is 5.91 Å². The first-order valence-electron chi connectivity index (χ1n) is 28.7. The largest absolute Gasteiger partial charge is 0.394 e. The fourth-order valence-corrected chi connectivity index (χ4v) is 8.07. The van der Waals surface area contributed by atoms with Gasteiger partial charge in [0, 0.05) is 6.42 Å². The van der Waals surface area contributed by atoms with Crippen LogP contribution in [0.15, 0.2) is 122 Å². The molecule has 2 unspecified atom stereocenters. The van der Waals surface area contributed by atoms with Gasteiger partial charge >= 0.3 is 0 Å². The Labute approximate surface area is 422 Å². The van der Waals surface area contributed by atoms with Crippen molar-refractivity contribution in [1.29, 1.82) is 0 Å². The third kappa shape index (κ3) is 53.7. The highest BCUT2D eigenvalue weighted by Gasteiger charge is 2.17. The Bertz CT molecular complexity index is 1340. The van der Waals surface area contributed by atoms with Gasteiger partial charge in [0.05, 0.1) is 18.8 Å². The van der Waals surface area contributed by atoms with Gasteiger partial charge in [0.2, 0.25) is 5.91 Å². The Morgan fingerprint density at radius 3 is 1.03 bits per heavy atom. The van der Waals surface area contributed by atoms with Crippen molar-refractivity contribution < 1.29 is 15.0 Å². The zero-order chi connectivity index (χ0) is 49.2. The van der Waals surface area contributed by atoms with Gasteiger partial charge in [-0.1, -0.05) is 270 Å². The van der Waals surface area contributed by atoms with Crippen LogP contribution in [-0.4, -0.2) is 34.9 Å². The van der Waals surface area contributed by atoms with E-state index in [1.807, 2.05) is 6.08 Å². The Hall–Kier alpha value is -3.21. The number of carbonyl (C=O) groups is 1. The number of nitrogens with one attached hydrogen (secondary N) is 1.